The van der Waals surface area contributed by atoms with E-state index >= 15 is 0 Å². The van der Waals surface area contributed by atoms with Crippen LogP contribution >= 0.6 is 0 Å². The van der Waals surface area contributed by atoms with E-state index in [2.05, 4.69) is 4.98 Å². The Morgan fingerprint density at radius 3 is 2.84 bits per heavy atom. The van der Waals surface area contributed by atoms with Crippen LogP contribution in [0.25, 0.3) is 0 Å². The first kappa shape index (κ1) is 14.8. The fourth-order valence-electron chi connectivity index (χ4n) is 1.51. The van der Waals surface area contributed by atoms with E-state index < -0.39 is 10.8 Å². The summed E-state index contributed by atoms with van der Waals surface area (Å²) in [6.45, 7) is 3.01. The van der Waals surface area contributed by atoms with Crippen molar-refractivity contribution in [2.24, 2.45) is 0 Å². The fourth-order valence-corrected chi connectivity index (χ4v) is 1.51. The molecule has 8 nitrogen and oxygen atoms in total. The molecule has 1 aromatic rings. The Morgan fingerprint density at radius 2 is 2.32 bits per heavy atom. The summed E-state index contributed by atoms with van der Waals surface area (Å²) in [6.07, 6.45) is 1.03. The normalized spacial score (nSPS) is 10.2. The monoisotopic (exact) mass is 268 g/mol. The molecule has 1 heterocycles. The van der Waals surface area contributed by atoms with E-state index in [1.807, 2.05) is 0 Å². The third-order valence-corrected chi connectivity index (χ3v) is 2.58. The van der Waals surface area contributed by atoms with Gasteiger partial charge in [0.2, 0.25) is 0 Å². The fraction of sp³-hybridized carbons (Fsp3) is 0.455. The van der Waals surface area contributed by atoms with Crippen LogP contribution in [0.2, 0.25) is 0 Å². The molecule has 1 aromatic heterocycles. The molecule has 0 aliphatic rings. The second kappa shape index (κ2) is 6.64. The van der Waals surface area contributed by atoms with Gasteiger partial charge in [-0.3, -0.25) is 14.9 Å². The molecule has 0 saturated carbocycles. The summed E-state index contributed by atoms with van der Waals surface area (Å²) in [5.41, 5.74) is 5.37. The predicted molar refractivity (Wildman–Crippen MR) is 68.8 cm³/mol. The average Bonchev–Trinajstić information content (AvgIpc) is 2.39. The van der Waals surface area contributed by atoms with Gasteiger partial charge in [-0.05, 0) is 6.92 Å². The van der Waals surface area contributed by atoms with Crippen LogP contribution in [0.15, 0.2) is 12.3 Å². The highest BCUT2D eigenvalue weighted by molar-refractivity contribution is 5.98. The number of aromatic nitrogens is 1. The maximum atomic E-state index is 12.2. The van der Waals surface area contributed by atoms with Crippen molar-refractivity contribution in [2.75, 3.05) is 32.5 Å². The molecular formula is C11H16N4O4. The molecule has 19 heavy (non-hydrogen) atoms. The summed E-state index contributed by atoms with van der Waals surface area (Å²) >= 11 is 0. The van der Waals surface area contributed by atoms with Crippen molar-refractivity contribution in [3.05, 3.63) is 27.9 Å². The number of hydrogen-bond acceptors (Lipinski definition) is 6. The van der Waals surface area contributed by atoms with Gasteiger partial charge in [-0.25, -0.2) is 4.98 Å². The number of rotatable bonds is 6. The molecule has 8 heteroatoms. The zero-order valence-electron chi connectivity index (χ0n) is 10.8. The lowest BCUT2D eigenvalue weighted by molar-refractivity contribution is -0.385. The quantitative estimate of drug-likeness (QED) is 0.599. The third-order valence-electron chi connectivity index (χ3n) is 2.58. The zero-order valence-corrected chi connectivity index (χ0v) is 10.8. The van der Waals surface area contributed by atoms with Gasteiger partial charge >= 0.3 is 0 Å². The maximum absolute atomic E-state index is 12.2. The zero-order chi connectivity index (χ0) is 14.4. The Morgan fingerprint density at radius 1 is 1.63 bits per heavy atom. The highest BCUT2D eigenvalue weighted by atomic mass is 16.6. The van der Waals surface area contributed by atoms with E-state index in [0.717, 1.165) is 12.3 Å². The number of hydrogen-bond donors (Lipinski definition) is 1. The molecule has 0 radical (unpaired) electrons. The van der Waals surface area contributed by atoms with Crippen molar-refractivity contribution < 1.29 is 14.5 Å². The smallest absolute Gasteiger partial charge is 0.288 e. The van der Waals surface area contributed by atoms with Crippen LogP contribution in [0.5, 0.6) is 0 Å². The van der Waals surface area contributed by atoms with Crippen LogP contribution in [-0.4, -0.2) is 47.5 Å². The SMILES string of the molecule is CCN(CCOC)C(=O)c1cc([N+](=O)[O-])cnc1N. The van der Waals surface area contributed by atoms with Crippen LogP contribution < -0.4 is 5.73 Å². The van der Waals surface area contributed by atoms with Gasteiger partial charge < -0.3 is 15.4 Å². The molecule has 104 valence electrons. The van der Waals surface area contributed by atoms with Gasteiger partial charge in [0.1, 0.15) is 12.0 Å². The van der Waals surface area contributed by atoms with Crippen molar-refractivity contribution >= 4 is 17.4 Å². The number of likely N-dealkylation sites (N-methyl/N-ethyl adjacent to an activating group) is 1. The minimum atomic E-state index is -0.616. The first-order valence-corrected chi connectivity index (χ1v) is 5.69. The number of nitrogens with zero attached hydrogens (tertiary/aromatic N) is 3. The highest BCUT2D eigenvalue weighted by Gasteiger charge is 2.20. The number of methoxy groups -OCH3 is 1. The van der Waals surface area contributed by atoms with Gasteiger partial charge in [0, 0.05) is 26.3 Å². The Kier molecular flexibility index (Phi) is 5.19. The molecule has 0 unspecified atom stereocenters. The Labute approximate surface area is 110 Å². The molecule has 0 bridgehead atoms. The van der Waals surface area contributed by atoms with Gasteiger partial charge in [0.15, 0.2) is 0 Å². The molecule has 0 aliphatic carbocycles. The number of pyridine rings is 1. The molecule has 0 fully saturated rings. The lowest BCUT2D eigenvalue weighted by atomic mass is 10.2. The molecule has 2 N–H and O–H groups in total. The van der Waals surface area contributed by atoms with E-state index in [9.17, 15) is 14.9 Å². The lowest BCUT2D eigenvalue weighted by Gasteiger charge is -2.20. The van der Waals surface area contributed by atoms with Gasteiger partial charge in [-0.1, -0.05) is 0 Å². The van der Waals surface area contributed by atoms with Gasteiger partial charge in [-0.2, -0.15) is 0 Å². The minimum absolute atomic E-state index is 0.0218. The first-order chi connectivity index (χ1) is 9.01. The summed E-state index contributed by atoms with van der Waals surface area (Å²) in [7, 11) is 1.53. The predicted octanol–water partition coefficient (Wildman–Crippen LogP) is 0.681. The summed E-state index contributed by atoms with van der Waals surface area (Å²) in [4.78, 5) is 27.4. The number of anilines is 1. The van der Waals surface area contributed by atoms with E-state index in [0.29, 0.717) is 19.7 Å². The van der Waals surface area contributed by atoms with Crippen LogP contribution in [0.4, 0.5) is 11.5 Å². The van der Waals surface area contributed by atoms with Crippen molar-refractivity contribution in [1.82, 2.24) is 9.88 Å². The van der Waals surface area contributed by atoms with Crippen LogP contribution in [-0.2, 0) is 4.74 Å². The largest absolute Gasteiger partial charge is 0.383 e. The number of amides is 1. The number of nitrogen functional groups attached to an aromatic ring is 1. The topological polar surface area (TPSA) is 112 Å². The molecule has 1 amide bonds. The van der Waals surface area contributed by atoms with Gasteiger partial charge in [0.25, 0.3) is 11.6 Å². The molecular weight excluding hydrogens is 252 g/mol. The molecule has 0 saturated heterocycles. The molecule has 0 spiro atoms. The number of nitrogens with two attached hydrogens (primary N) is 1. The second-order valence-corrected chi connectivity index (χ2v) is 3.76. The van der Waals surface area contributed by atoms with E-state index in [1.54, 1.807) is 6.92 Å². The van der Waals surface area contributed by atoms with Gasteiger partial charge in [0.05, 0.1) is 17.1 Å². The van der Waals surface area contributed by atoms with E-state index in [1.165, 1.54) is 12.0 Å². The van der Waals surface area contributed by atoms with Crippen LogP contribution in [0.3, 0.4) is 0 Å². The van der Waals surface area contributed by atoms with Crippen molar-refractivity contribution in [1.29, 1.82) is 0 Å². The number of carbonyl (C=O) groups is 1. The van der Waals surface area contributed by atoms with Crippen LogP contribution in [0.1, 0.15) is 17.3 Å². The highest BCUT2D eigenvalue weighted by Crippen LogP contribution is 2.18. The number of nitro groups is 1. The van der Waals surface area contributed by atoms with Gasteiger partial charge in [-0.15, -0.1) is 0 Å². The second-order valence-electron chi connectivity index (χ2n) is 3.76. The van der Waals surface area contributed by atoms with E-state index in [-0.39, 0.29) is 17.1 Å². The lowest BCUT2D eigenvalue weighted by Crippen LogP contribution is -2.34. The van der Waals surface area contributed by atoms with Crippen molar-refractivity contribution in [3.63, 3.8) is 0 Å². The molecule has 0 aromatic carbocycles. The number of ether oxygens (including phenoxy) is 1. The number of carbonyl (C=O) groups excluding carboxylic acids is 1. The van der Waals surface area contributed by atoms with E-state index in [4.69, 9.17) is 10.5 Å². The van der Waals surface area contributed by atoms with Crippen molar-refractivity contribution in [2.45, 2.75) is 6.92 Å². The van der Waals surface area contributed by atoms with Crippen molar-refractivity contribution in [3.8, 4) is 0 Å². The third kappa shape index (κ3) is 3.62. The Hall–Kier alpha value is -2.22. The van der Waals surface area contributed by atoms with Crippen LogP contribution in [0, 0.1) is 10.1 Å². The molecule has 0 atom stereocenters. The summed E-state index contributed by atoms with van der Waals surface area (Å²) < 4.78 is 4.90. The maximum Gasteiger partial charge on any atom is 0.288 e. The molecule has 0 aliphatic heterocycles. The first-order valence-electron chi connectivity index (χ1n) is 5.69. The summed E-state index contributed by atoms with van der Waals surface area (Å²) in [6, 6.07) is 1.14. The average molecular weight is 268 g/mol. The minimum Gasteiger partial charge on any atom is -0.383 e. The Balaban J connectivity index is 3.02. The standard InChI is InChI=1S/C11H16N4O4/c1-3-14(4-5-19-2)11(16)9-6-8(15(17)18)7-13-10(9)12/h6-7H,3-5H2,1-2H3,(H2,12,13). The molecule has 1 rings (SSSR count). The Bertz CT molecular complexity index is 478. The summed E-state index contributed by atoms with van der Waals surface area (Å²) in [5, 5.41) is 10.7. The summed E-state index contributed by atoms with van der Waals surface area (Å²) in [5.74, 6) is -0.417.